The Morgan fingerprint density at radius 2 is 2.25 bits per heavy atom. The number of hydrogen-bond acceptors (Lipinski definition) is 8. The van der Waals surface area contributed by atoms with Gasteiger partial charge in [0.15, 0.2) is 15.7 Å². The molecule has 124 valence electrons. The molecule has 0 aliphatic carbocycles. The molecule has 1 aromatic heterocycles. The Bertz CT molecular complexity index is 893. The van der Waals surface area contributed by atoms with Crippen LogP contribution in [-0.2, 0) is 9.84 Å². The van der Waals surface area contributed by atoms with Crippen molar-refractivity contribution in [3.05, 3.63) is 36.0 Å². The van der Waals surface area contributed by atoms with Gasteiger partial charge in [-0.05, 0) is 24.6 Å². The number of nitrogens with one attached hydrogen (secondary N) is 1. The monoisotopic (exact) mass is 344 g/mol. The van der Waals surface area contributed by atoms with Crippen molar-refractivity contribution in [2.24, 2.45) is 0 Å². The van der Waals surface area contributed by atoms with Gasteiger partial charge in [0.1, 0.15) is 0 Å². The lowest BCUT2D eigenvalue weighted by Crippen LogP contribution is -2.34. The molecule has 2 heterocycles. The van der Waals surface area contributed by atoms with Crippen LogP contribution < -0.4 is 10.2 Å². The SMILES string of the molecule is CN(c1nncc(Nc2cccc(C#N)c2)n1)C1CCS(=O)(=O)C1. The van der Waals surface area contributed by atoms with Crippen LogP contribution in [0.5, 0.6) is 0 Å². The molecule has 0 bridgehead atoms. The number of benzene rings is 1. The minimum Gasteiger partial charge on any atom is -0.339 e. The minimum absolute atomic E-state index is 0.106. The van der Waals surface area contributed by atoms with E-state index in [1.807, 2.05) is 6.07 Å². The molecule has 1 fully saturated rings. The number of nitriles is 1. The van der Waals surface area contributed by atoms with E-state index in [0.29, 0.717) is 29.4 Å². The van der Waals surface area contributed by atoms with Gasteiger partial charge in [0.25, 0.3) is 0 Å². The number of hydrogen-bond donors (Lipinski definition) is 1. The van der Waals surface area contributed by atoms with Crippen LogP contribution in [0.25, 0.3) is 0 Å². The van der Waals surface area contributed by atoms with Gasteiger partial charge < -0.3 is 10.2 Å². The van der Waals surface area contributed by atoms with Gasteiger partial charge in [-0.15, -0.1) is 5.10 Å². The first-order chi connectivity index (χ1) is 11.5. The number of aromatic nitrogens is 3. The van der Waals surface area contributed by atoms with E-state index in [0.717, 1.165) is 0 Å². The Morgan fingerprint density at radius 1 is 1.42 bits per heavy atom. The Morgan fingerprint density at radius 3 is 2.96 bits per heavy atom. The molecule has 2 aromatic rings. The summed E-state index contributed by atoms with van der Waals surface area (Å²) in [5, 5.41) is 19.9. The Kier molecular flexibility index (Phi) is 4.31. The van der Waals surface area contributed by atoms with E-state index in [2.05, 4.69) is 26.6 Å². The number of sulfone groups is 1. The third kappa shape index (κ3) is 3.60. The Hall–Kier alpha value is -2.73. The number of anilines is 3. The normalized spacial score (nSPS) is 18.8. The van der Waals surface area contributed by atoms with Crippen LogP contribution in [0.15, 0.2) is 30.5 Å². The van der Waals surface area contributed by atoms with Gasteiger partial charge in [0, 0.05) is 18.8 Å². The maximum atomic E-state index is 11.6. The lowest BCUT2D eigenvalue weighted by atomic mass is 10.2. The molecular weight excluding hydrogens is 328 g/mol. The summed E-state index contributed by atoms with van der Waals surface area (Å²) >= 11 is 0. The highest BCUT2D eigenvalue weighted by Crippen LogP contribution is 2.21. The fraction of sp³-hybridized carbons (Fsp3) is 0.333. The third-order valence-electron chi connectivity index (χ3n) is 3.88. The smallest absolute Gasteiger partial charge is 0.247 e. The number of rotatable bonds is 4. The standard InChI is InChI=1S/C15H16N6O2S/c1-21(13-5-6-24(22,23)10-13)15-19-14(9-17-20-15)18-12-4-2-3-11(7-12)8-16/h2-4,7,9,13H,5-6,10H2,1H3,(H,18,19,20). The molecule has 1 unspecified atom stereocenters. The summed E-state index contributed by atoms with van der Waals surface area (Å²) in [6.45, 7) is 0. The summed E-state index contributed by atoms with van der Waals surface area (Å²) < 4.78 is 23.2. The van der Waals surface area contributed by atoms with Crippen molar-refractivity contribution in [3.63, 3.8) is 0 Å². The van der Waals surface area contributed by atoms with Gasteiger partial charge in [-0.1, -0.05) is 6.07 Å². The summed E-state index contributed by atoms with van der Waals surface area (Å²) in [6.07, 6.45) is 2.03. The topological polar surface area (TPSA) is 112 Å². The summed E-state index contributed by atoms with van der Waals surface area (Å²) in [5.41, 5.74) is 1.25. The van der Waals surface area contributed by atoms with Crippen LogP contribution in [0.4, 0.5) is 17.5 Å². The van der Waals surface area contributed by atoms with Crippen LogP contribution in [0.3, 0.4) is 0 Å². The van der Waals surface area contributed by atoms with E-state index < -0.39 is 9.84 Å². The fourth-order valence-corrected chi connectivity index (χ4v) is 4.34. The van der Waals surface area contributed by atoms with E-state index >= 15 is 0 Å². The molecule has 1 atom stereocenters. The Labute approximate surface area is 140 Å². The lowest BCUT2D eigenvalue weighted by Gasteiger charge is -2.22. The van der Waals surface area contributed by atoms with Crippen molar-refractivity contribution < 1.29 is 8.42 Å². The quantitative estimate of drug-likeness (QED) is 0.878. The van der Waals surface area contributed by atoms with Gasteiger partial charge in [-0.3, -0.25) is 0 Å². The average molecular weight is 344 g/mol. The molecule has 1 N–H and O–H groups in total. The maximum Gasteiger partial charge on any atom is 0.247 e. The van der Waals surface area contributed by atoms with Gasteiger partial charge in [-0.25, -0.2) is 8.42 Å². The van der Waals surface area contributed by atoms with Crippen molar-refractivity contribution in [1.29, 1.82) is 5.26 Å². The highest BCUT2D eigenvalue weighted by Gasteiger charge is 2.31. The zero-order chi connectivity index (χ0) is 17.2. The second-order valence-corrected chi connectivity index (χ2v) is 7.86. The predicted molar refractivity (Wildman–Crippen MR) is 89.7 cm³/mol. The molecule has 9 heteroatoms. The zero-order valence-electron chi connectivity index (χ0n) is 13.0. The Balaban J connectivity index is 1.78. The van der Waals surface area contributed by atoms with Crippen LogP contribution in [0, 0.1) is 11.3 Å². The van der Waals surface area contributed by atoms with Crippen LogP contribution in [0.2, 0.25) is 0 Å². The van der Waals surface area contributed by atoms with Gasteiger partial charge >= 0.3 is 0 Å². The third-order valence-corrected chi connectivity index (χ3v) is 5.63. The van der Waals surface area contributed by atoms with Crippen molar-refractivity contribution in [2.75, 3.05) is 28.8 Å². The van der Waals surface area contributed by atoms with Crippen LogP contribution in [0.1, 0.15) is 12.0 Å². The molecule has 1 aliphatic rings. The number of nitrogens with zero attached hydrogens (tertiary/aromatic N) is 5. The highest BCUT2D eigenvalue weighted by atomic mass is 32.2. The largest absolute Gasteiger partial charge is 0.339 e. The molecular formula is C15H16N6O2S. The van der Waals surface area contributed by atoms with Crippen LogP contribution >= 0.6 is 0 Å². The van der Waals surface area contributed by atoms with Gasteiger partial charge in [0.05, 0.1) is 29.3 Å². The predicted octanol–water partition coefficient (Wildman–Crippen LogP) is 1.11. The first kappa shape index (κ1) is 16.1. The van der Waals surface area contributed by atoms with Gasteiger partial charge in [0.2, 0.25) is 5.95 Å². The maximum absolute atomic E-state index is 11.6. The van der Waals surface area contributed by atoms with E-state index in [9.17, 15) is 8.42 Å². The first-order valence-corrected chi connectivity index (χ1v) is 9.19. The summed E-state index contributed by atoms with van der Waals surface area (Å²) in [5.74, 6) is 1.13. The molecule has 0 amide bonds. The summed E-state index contributed by atoms with van der Waals surface area (Å²) in [7, 11) is -1.21. The summed E-state index contributed by atoms with van der Waals surface area (Å²) in [4.78, 5) is 6.12. The second kappa shape index (κ2) is 6.41. The van der Waals surface area contributed by atoms with Crippen molar-refractivity contribution in [3.8, 4) is 6.07 Å². The van der Waals surface area contributed by atoms with E-state index in [4.69, 9.17) is 5.26 Å². The molecule has 3 rings (SSSR count). The van der Waals surface area contributed by atoms with Gasteiger partial charge in [-0.2, -0.15) is 15.3 Å². The van der Waals surface area contributed by atoms with Crippen molar-refractivity contribution >= 4 is 27.3 Å². The average Bonchev–Trinajstić information content (AvgIpc) is 2.94. The summed E-state index contributed by atoms with van der Waals surface area (Å²) in [6, 6.07) is 8.93. The molecule has 1 aliphatic heterocycles. The first-order valence-electron chi connectivity index (χ1n) is 7.37. The molecule has 0 spiro atoms. The molecule has 0 radical (unpaired) electrons. The lowest BCUT2D eigenvalue weighted by molar-refractivity contribution is 0.600. The van der Waals surface area contributed by atoms with Crippen LogP contribution in [-0.4, -0.2) is 48.2 Å². The van der Waals surface area contributed by atoms with E-state index in [-0.39, 0.29) is 17.5 Å². The molecule has 1 saturated heterocycles. The van der Waals surface area contributed by atoms with Crippen molar-refractivity contribution in [1.82, 2.24) is 15.2 Å². The molecule has 0 saturated carbocycles. The second-order valence-electron chi connectivity index (χ2n) is 5.63. The molecule has 24 heavy (non-hydrogen) atoms. The molecule has 1 aromatic carbocycles. The van der Waals surface area contributed by atoms with E-state index in [1.165, 1.54) is 6.20 Å². The van der Waals surface area contributed by atoms with Crippen molar-refractivity contribution in [2.45, 2.75) is 12.5 Å². The molecule has 8 nitrogen and oxygen atoms in total. The zero-order valence-corrected chi connectivity index (χ0v) is 13.9. The minimum atomic E-state index is -2.98. The highest BCUT2D eigenvalue weighted by molar-refractivity contribution is 7.91. The fourth-order valence-electron chi connectivity index (χ4n) is 2.56. The van der Waals surface area contributed by atoms with E-state index in [1.54, 1.807) is 30.1 Å².